The Morgan fingerprint density at radius 1 is 1.16 bits per heavy atom. The number of amides is 1. The van der Waals surface area contributed by atoms with Crippen LogP contribution in [0.1, 0.15) is 72.5 Å². The lowest BCUT2D eigenvalue weighted by molar-refractivity contribution is 0.0983. The molecule has 0 spiro atoms. The standard InChI is InChI=1S/C22H28ClN5O3/c1-3-15-21(25-12-8-10-13(29)11-9-12)28-22(19(26-15)20(24)31)27-16-7-5-6-14(18(16)23)17(30)4-2/h5-7,12-13,29H,3-4,8-11H2,1-2H3,(H2,24,31)(H2,25,27,28). The zero-order valence-corrected chi connectivity index (χ0v) is 18.5. The molecule has 0 bridgehead atoms. The molecular weight excluding hydrogens is 418 g/mol. The Labute approximate surface area is 186 Å². The molecule has 0 aliphatic heterocycles. The zero-order valence-electron chi connectivity index (χ0n) is 17.7. The summed E-state index contributed by atoms with van der Waals surface area (Å²) in [5.41, 5.74) is 7.03. The molecule has 1 aromatic carbocycles. The largest absolute Gasteiger partial charge is 0.393 e. The fourth-order valence-corrected chi connectivity index (χ4v) is 3.95. The number of Topliss-reactive ketones (excluding diaryl/α,β-unsaturated/α-hetero) is 1. The number of hydrogen-bond acceptors (Lipinski definition) is 7. The maximum absolute atomic E-state index is 12.2. The van der Waals surface area contributed by atoms with Crippen molar-refractivity contribution in [3.05, 3.63) is 40.2 Å². The van der Waals surface area contributed by atoms with Gasteiger partial charge in [-0.3, -0.25) is 9.59 Å². The number of benzene rings is 1. The normalized spacial score (nSPS) is 18.5. The summed E-state index contributed by atoms with van der Waals surface area (Å²) in [5, 5.41) is 16.4. The zero-order chi connectivity index (χ0) is 22.5. The molecule has 0 saturated heterocycles. The van der Waals surface area contributed by atoms with E-state index in [0.717, 1.165) is 25.7 Å². The van der Waals surface area contributed by atoms with E-state index in [1.807, 2.05) is 6.92 Å². The monoisotopic (exact) mass is 445 g/mol. The topological polar surface area (TPSA) is 130 Å². The van der Waals surface area contributed by atoms with Crippen molar-refractivity contribution in [1.82, 2.24) is 9.97 Å². The van der Waals surface area contributed by atoms with Gasteiger partial charge in [-0.05, 0) is 44.2 Å². The second kappa shape index (κ2) is 10.1. The quantitative estimate of drug-likeness (QED) is 0.454. The Morgan fingerprint density at radius 2 is 1.87 bits per heavy atom. The van der Waals surface area contributed by atoms with Crippen molar-refractivity contribution in [2.24, 2.45) is 5.73 Å². The number of anilines is 3. The summed E-state index contributed by atoms with van der Waals surface area (Å²) in [7, 11) is 0. The van der Waals surface area contributed by atoms with Crippen molar-refractivity contribution in [3.8, 4) is 0 Å². The smallest absolute Gasteiger partial charge is 0.271 e. The highest BCUT2D eigenvalue weighted by Crippen LogP contribution is 2.31. The van der Waals surface area contributed by atoms with Gasteiger partial charge in [-0.2, -0.15) is 0 Å². The number of aryl methyl sites for hydroxylation is 1. The number of carbonyl (C=O) groups excluding carboxylic acids is 2. The maximum atomic E-state index is 12.2. The van der Waals surface area contributed by atoms with Crippen LogP contribution in [0.15, 0.2) is 18.2 Å². The van der Waals surface area contributed by atoms with Crippen LogP contribution in [-0.2, 0) is 6.42 Å². The Morgan fingerprint density at radius 3 is 2.48 bits per heavy atom. The molecule has 1 aliphatic rings. The molecule has 1 heterocycles. The van der Waals surface area contributed by atoms with E-state index in [0.29, 0.717) is 35.6 Å². The molecule has 0 radical (unpaired) electrons. The number of aromatic nitrogens is 2. The predicted molar refractivity (Wildman–Crippen MR) is 121 cm³/mol. The van der Waals surface area contributed by atoms with E-state index in [1.54, 1.807) is 25.1 Å². The van der Waals surface area contributed by atoms with E-state index in [4.69, 9.17) is 17.3 Å². The molecule has 1 aliphatic carbocycles. The van der Waals surface area contributed by atoms with Crippen LogP contribution in [0.4, 0.5) is 17.3 Å². The molecule has 166 valence electrons. The summed E-state index contributed by atoms with van der Waals surface area (Å²) in [6, 6.07) is 5.22. The van der Waals surface area contributed by atoms with Gasteiger partial charge < -0.3 is 21.5 Å². The fraction of sp³-hybridized carbons (Fsp3) is 0.455. The van der Waals surface area contributed by atoms with Gasteiger partial charge in [0, 0.05) is 18.0 Å². The van der Waals surface area contributed by atoms with E-state index >= 15 is 0 Å². The molecule has 1 fully saturated rings. The molecule has 9 heteroatoms. The van der Waals surface area contributed by atoms with Crippen LogP contribution in [0.3, 0.4) is 0 Å². The molecule has 1 saturated carbocycles. The number of rotatable bonds is 8. The van der Waals surface area contributed by atoms with Gasteiger partial charge in [-0.15, -0.1) is 0 Å². The van der Waals surface area contributed by atoms with Crippen LogP contribution in [0.25, 0.3) is 0 Å². The summed E-state index contributed by atoms with van der Waals surface area (Å²) in [5.74, 6) is -0.0636. The number of nitrogens with two attached hydrogens (primary N) is 1. The first-order chi connectivity index (χ1) is 14.8. The molecule has 0 unspecified atom stereocenters. The summed E-state index contributed by atoms with van der Waals surface area (Å²) in [4.78, 5) is 33.3. The van der Waals surface area contributed by atoms with Gasteiger partial charge in [0.1, 0.15) is 5.82 Å². The molecule has 1 aromatic heterocycles. The summed E-state index contributed by atoms with van der Waals surface area (Å²) >= 11 is 6.44. The third kappa shape index (κ3) is 5.32. The van der Waals surface area contributed by atoms with Crippen LogP contribution >= 0.6 is 11.6 Å². The number of nitrogens with zero attached hydrogens (tertiary/aromatic N) is 2. The highest BCUT2D eigenvalue weighted by Gasteiger charge is 2.23. The number of carbonyl (C=O) groups is 2. The maximum Gasteiger partial charge on any atom is 0.271 e. The van der Waals surface area contributed by atoms with Gasteiger partial charge in [0.2, 0.25) is 0 Å². The summed E-state index contributed by atoms with van der Waals surface area (Å²) < 4.78 is 0. The minimum Gasteiger partial charge on any atom is -0.393 e. The number of aliphatic hydroxyl groups is 1. The van der Waals surface area contributed by atoms with Gasteiger partial charge in [-0.25, -0.2) is 9.97 Å². The van der Waals surface area contributed by atoms with Crippen LogP contribution < -0.4 is 16.4 Å². The average molecular weight is 446 g/mol. The predicted octanol–water partition coefficient (Wildman–Crippen LogP) is 3.84. The van der Waals surface area contributed by atoms with Crippen molar-refractivity contribution >= 4 is 40.6 Å². The average Bonchev–Trinajstić information content (AvgIpc) is 2.76. The van der Waals surface area contributed by atoms with E-state index in [1.165, 1.54) is 0 Å². The molecule has 5 N–H and O–H groups in total. The van der Waals surface area contributed by atoms with E-state index < -0.39 is 5.91 Å². The first-order valence-corrected chi connectivity index (χ1v) is 11.0. The number of hydrogen-bond donors (Lipinski definition) is 4. The van der Waals surface area contributed by atoms with Gasteiger partial charge >= 0.3 is 0 Å². The molecule has 31 heavy (non-hydrogen) atoms. The third-order valence-corrected chi connectivity index (χ3v) is 5.85. The number of aliphatic hydroxyl groups excluding tert-OH is 1. The van der Waals surface area contributed by atoms with Crippen molar-refractivity contribution in [1.29, 1.82) is 0 Å². The Hall–Kier alpha value is -2.71. The molecular formula is C22H28ClN5O3. The SMILES string of the molecule is CCC(=O)c1cccc(Nc2nc(NC3CCC(O)CC3)c(CC)nc2C(N)=O)c1Cl. The summed E-state index contributed by atoms with van der Waals surface area (Å²) in [6.45, 7) is 3.69. The van der Waals surface area contributed by atoms with Crippen molar-refractivity contribution in [3.63, 3.8) is 0 Å². The van der Waals surface area contributed by atoms with Crippen LogP contribution in [-0.4, -0.2) is 38.9 Å². The number of halogens is 1. The second-order valence-corrected chi connectivity index (χ2v) is 8.03. The molecule has 0 atom stereocenters. The summed E-state index contributed by atoms with van der Waals surface area (Å²) in [6.07, 6.45) is 3.72. The second-order valence-electron chi connectivity index (χ2n) is 7.65. The van der Waals surface area contributed by atoms with Gasteiger partial charge in [0.25, 0.3) is 5.91 Å². The van der Waals surface area contributed by atoms with Crippen LogP contribution in [0.5, 0.6) is 0 Å². The first-order valence-electron chi connectivity index (χ1n) is 10.6. The highest BCUT2D eigenvalue weighted by molar-refractivity contribution is 6.36. The Balaban J connectivity index is 1.97. The molecule has 8 nitrogen and oxygen atoms in total. The lowest BCUT2D eigenvalue weighted by Crippen LogP contribution is -2.29. The van der Waals surface area contributed by atoms with Gasteiger partial charge in [0.15, 0.2) is 17.3 Å². The number of primary amides is 1. The van der Waals surface area contributed by atoms with Crippen molar-refractivity contribution in [2.75, 3.05) is 10.6 Å². The minimum atomic E-state index is -0.714. The van der Waals surface area contributed by atoms with Gasteiger partial charge in [-0.1, -0.05) is 31.5 Å². The third-order valence-electron chi connectivity index (χ3n) is 5.45. The van der Waals surface area contributed by atoms with Crippen LogP contribution in [0, 0.1) is 0 Å². The van der Waals surface area contributed by atoms with Gasteiger partial charge in [0.05, 0.1) is 22.5 Å². The molecule has 1 amide bonds. The lowest BCUT2D eigenvalue weighted by atomic mass is 9.93. The van der Waals surface area contributed by atoms with Crippen LogP contribution in [0.2, 0.25) is 5.02 Å². The Kier molecular flexibility index (Phi) is 7.46. The fourth-order valence-electron chi connectivity index (χ4n) is 3.67. The van der Waals surface area contributed by atoms with E-state index in [2.05, 4.69) is 20.6 Å². The molecule has 2 aromatic rings. The van der Waals surface area contributed by atoms with E-state index in [-0.39, 0.29) is 34.5 Å². The van der Waals surface area contributed by atoms with Crippen molar-refractivity contribution in [2.45, 2.75) is 64.5 Å². The lowest BCUT2D eigenvalue weighted by Gasteiger charge is -2.27. The number of nitrogens with one attached hydrogen (secondary N) is 2. The van der Waals surface area contributed by atoms with Crippen molar-refractivity contribution < 1.29 is 14.7 Å². The highest BCUT2D eigenvalue weighted by atomic mass is 35.5. The first kappa shape index (κ1) is 23.0. The minimum absolute atomic E-state index is 0.00440. The number of ketones is 1. The van der Waals surface area contributed by atoms with E-state index in [9.17, 15) is 14.7 Å². The molecule has 3 rings (SSSR count). The Bertz CT molecular complexity index is 974.